The number of halogens is 2. The van der Waals surface area contributed by atoms with E-state index < -0.39 is 5.97 Å². The Kier molecular flexibility index (Phi) is 9.11. The second kappa shape index (κ2) is 11.5. The molecule has 30 heavy (non-hydrogen) atoms. The number of hydrogen-bond donors (Lipinski definition) is 4. The van der Waals surface area contributed by atoms with Gasteiger partial charge in [-0.25, -0.2) is 9.65 Å². The maximum Gasteiger partial charge on any atom is 0.311 e. The van der Waals surface area contributed by atoms with E-state index in [9.17, 15) is 9.18 Å². The Hall–Kier alpha value is -2.61. The molecule has 1 heterocycles. The smallest absolute Gasteiger partial charge is 0.311 e. The number of aliphatic carboxylic acids is 1. The van der Waals surface area contributed by atoms with Crippen LogP contribution in [0.25, 0.3) is 0 Å². The van der Waals surface area contributed by atoms with E-state index in [1.807, 2.05) is 25.1 Å². The zero-order valence-corrected chi connectivity index (χ0v) is 17.5. The largest absolute Gasteiger partial charge is 0.481 e. The quantitative estimate of drug-likeness (QED) is 0.295. The van der Waals surface area contributed by atoms with Crippen LogP contribution >= 0.6 is 11.6 Å². The first-order valence-corrected chi connectivity index (χ1v) is 9.94. The summed E-state index contributed by atoms with van der Waals surface area (Å²) in [5, 5.41) is 23.2. The fraction of sp³-hybridized carbons (Fsp3) is 0.318. The fourth-order valence-corrected chi connectivity index (χ4v) is 3.45. The Morgan fingerprint density at radius 1 is 1.30 bits per heavy atom. The summed E-state index contributed by atoms with van der Waals surface area (Å²) < 4.78 is 14.0. The van der Waals surface area contributed by atoms with E-state index in [2.05, 4.69) is 28.2 Å². The average molecular weight is 437 g/mol. The van der Waals surface area contributed by atoms with Crippen molar-refractivity contribution in [2.24, 2.45) is 0 Å². The van der Waals surface area contributed by atoms with E-state index in [1.54, 1.807) is 6.07 Å². The Bertz CT molecular complexity index is 891. The summed E-state index contributed by atoms with van der Waals surface area (Å²) >= 11 is 6.41. The van der Waals surface area contributed by atoms with Crippen LogP contribution in [0.2, 0.25) is 5.02 Å². The average Bonchev–Trinajstić information content (AvgIpc) is 2.96. The Morgan fingerprint density at radius 2 is 2.00 bits per heavy atom. The lowest BCUT2D eigenvalue weighted by Gasteiger charge is -2.21. The van der Waals surface area contributed by atoms with Gasteiger partial charge in [-0.05, 0) is 56.1 Å². The van der Waals surface area contributed by atoms with Crippen LogP contribution in [-0.4, -0.2) is 29.4 Å². The predicted molar refractivity (Wildman–Crippen MR) is 115 cm³/mol. The van der Waals surface area contributed by atoms with E-state index in [1.165, 1.54) is 17.2 Å². The molecule has 4 N–H and O–H groups in total. The minimum absolute atomic E-state index is 0.138. The van der Waals surface area contributed by atoms with Gasteiger partial charge in [0.25, 0.3) is 0 Å². The van der Waals surface area contributed by atoms with Crippen LogP contribution in [0.4, 0.5) is 10.1 Å². The molecule has 2 aromatic rings. The van der Waals surface area contributed by atoms with Gasteiger partial charge < -0.3 is 20.6 Å². The number of rotatable bonds is 6. The van der Waals surface area contributed by atoms with E-state index in [0.29, 0.717) is 10.6 Å². The summed E-state index contributed by atoms with van der Waals surface area (Å²) in [7, 11) is 0. The molecule has 0 saturated carbocycles. The molecule has 8 heteroatoms. The first kappa shape index (κ1) is 23.7. The molecule has 0 aliphatic carbocycles. The number of carboxylic acid groups (broad SMARTS) is 1. The lowest BCUT2D eigenvalue weighted by atomic mass is 9.99. The van der Waals surface area contributed by atoms with Crippen LogP contribution in [0, 0.1) is 5.82 Å². The van der Waals surface area contributed by atoms with Crippen molar-refractivity contribution in [1.82, 2.24) is 5.32 Å². The van der Waals surface area contributed by atoms with Gasteiger partial charge in [-0.1, -0.05) is 42.4 Å². The van der Waals surface area contributed by atoms with Crippen molar-refractivity contribution >= 4 is 23.3 Å². The van der Waals surface area contributed by atoms with Gasteiger partial charge in [0.1, 0.15) is 18.0 Å². The van der Waals surface area contributed by atoms with Gasteiger partial charge in [-0.15, -0.1) is 0 Å². The number of benzene rings is 2. The minimum Gasteiger partial charge on any atom is -0.481 e. The maximum absolute atomic E-state index is 14.0. The van der Waals surface area contributed by atoms with Crippen molar-refractivity contribution in [1.29, 1.82) is 0 Å². The SMILES string of the molecule is C=C(CC(=O)O)OO.CC(Nc1c(Cl)ccc2c1CCNCC2)c1ccccc1F. The van der Waals surface area contributed by atoms with Crippen molar-refractivity contribution < 1.29 is 24.4 Å². The molecule has 6 nitrogen and oxygen atoms in total. The van der Waals surface area contributed by atoms with Crippen LogP contribution in [0.5, 0.6) is 0 Å². The van der Waals surface area contributed by atoms with E-state index in [-0.39, 0.29) is 24.0 Å². The van der Waals surface area contributed by atoms with E-state index in [4.69, 9.17) is 22.0 Å². The summed E-state index contributed by atoms with van der Waals surface area (Å²) in [6, 6.07) is 10.8. The van der Waals surface area contributed by atoms with E-state index in [0.717, 1.165) is 31.6 Å². The number of carbonyl (C=O) groups is 1. The minimum atomic E-state index is -1.08. The monoisotopic (exact) mass is 436 g/mol. The van der Waals surface area contributed by atoms with Gasteiger partial charge >= 0.3 is 5.97 Å². The molecular weight excluding hydrogens is 411 g/mol. The predicted octanol–water partition coefficient (Wildman–Crippen LogP) is 4.80. The third-order valence-corrected chi connectivity index (χ3v) is 5.01. The second-order valence-corrected chi connectivity index (χ2v) is 7.31. The lowest BCUT2D eigenvalue weighted by molar-refractivity contribution is -0.206. The third kappa shape index (κ3) is 6.73. The van der Waals surface area contributed by atoms with Gasteiger partial charge in [0.05, 0.1) is 16.8 Å². The topological polar surface area (TPSA) is 90.8 Å². The van der Waals surface area contributed by atoms with Gasteiger partial charge in [-0.3, -0.25) is 4.79 Å². The summed E-state index contributed by atoms with van der Waals surface area (Å²) in [6.45, 7) is 6.95. The molecule has 162 valence electrons. The summed E-state index contributed by atoms with van der Waals surface area (Å²) in [5.41, 5.74) is 4.17. The Morgan fingerprint density at radius 3 is 2.63 bits per heavy atom. The van der Waals surface area contributed by atoms with Gasteiger partial charge in [0, 0.05) is 5.56 Å². The van der Waals surface area contributed by atoms with Crippen molar-refractivity contribution in [3.8, 4) is 0 Å². The van der Waals surface area contributed by atoms with Crippen LogP contribution in [0.15, 0.2) is 48.7 Å². The molecular formula is C22H26ClFN2O4. The number of carboxylic acids is 1. The van der Waals surface area contributed by atoms with Crippen LogP contribution < -0.4 is 10.6 Å². The fourth-order valence-electron chi connectivity index (χ4n) is 3.22. The van der Waals surface area contributed by atoms with Crippen molar-refractivity contribution in [3.63, 3.8) is 0 Å². The molecule has 0 spiro atoms. The second-order valence-electron chi connectivity index (χ2n) is 6.90. The molecule has 0 fully saturated rings. The van der Waals surface area contributed by atoms with Gasteiger partial charge in [0.2, 0.25) is 0 Å². The molecule has 0 saturated heterocycles. The molecule has 2 aromatic carbocycles. The summed E-state index contributed by atoms with van der Waals surface area (Å²) in [4.78, 5) is 13.2. The summed E-state index contributed by atoms with van der Waals surface area (Å²) in [6.07, 6.45) is 1.56. The maximum atomic E-state index is 14.0. The highest BCUT2D eigenvalue weighted by Crippen LogP contribution is 2.33. The van der Waals surface area contributed by atoms with Crippen molar-refractivity contribution in [3.05, 3.63) is 76.3 Å². The van der Waals surface area contributed by atoms with Crippen LogP contribution in [-0.2, 0) is 22.5 Å². The Labute approximate surface area is 180 Å². The number of anilines is 1. The zero-order valence-electron chi connectivity index (χ0n) is 16.8. The number of nitrogens with one attached hydrogen (secondary N) is 2. The molecule has 1 aliphatic rings. The van der Waals surface area contributed by atoms with Crippen molar-refractivity contribution in [2.45, 2.75) is 32.2 Å². The zero-order chi connectivity index (χ0) is 22.1. The molecule has 1 unspecified atom stereocenters. The van der Waals surface area contributed by atoms with Crippen LogP contribution in [0.1, 0.15) is 36.1 Å². The normalized spacial score (nSPS) is 13.7. The number of fused-ring (bicyclic) bond motifs is 1. The summed E-state index contributed by atoms with van der Waals surface area (Å²) in [5.74, 6) is -1.44. The van der Waals surface area contributed by atoms with Gasteiger partial charge in [0.15, 0.2) is 0 Å². The first-order valence-electron chi connectivity index (χ1n) is 9.56. The highest BCUT2D eigenvalue weighted by Gasteiger charge is 2.18. The van der Waals surface area contributed by atoms with Crippen LogP contribution in [0.3, 0.4) is 0 Å². The van der Waals surface area contributed by atoms with Gasteiger partial charge in [-0.2, -0.15) is 0 Å². The molecule has 1 atom stereocenters. The molecule has 0 radical (unpaired) electrons. The van der Waals surface area contributed by atoms with Crippen molar-refractivity contribution in [2.75, 3.05) is 18.4 Å². The Balaban J connectivity index is 0.000000343. The molecule has 0 aromatic heterocycles. The van der Waals surface area contributed by atoms with E-state index >= 15 is 0 Å². The first-order chi connectivity index (χ1) is 14.3. The molecule has 0 amide bonds. The third-order valence-electron chi connectivity index (χ3n) is 4.69. The highest BCUT2D eigenvalue weighted by atomic mass is 35.5. The number of hydrogen-bond acceptors (Lipinski definition) is 5. The molecule has 3 rings (SSSR count). The lowest BCUT2D eigenvalue weighted by Crippen LogP contribution is -2.16. The highest BCUT2D eigenvalue weighted by molar-refractivity contribution is 6.33. The molecule has 0 bridgehead atoms. The molecule has 1 aliphatic heterocycles. The standard InChI is InChI=1S/C18H20ClFN2.C4H6O4/c1-12(14-4-2-3-5-17(14)20)22-18-15-9-11-21-10-8-13(15)6-7-16(18)19;1-3(8-7)2-4(5)6/h2-7,12,21-22H,8-11H2,1H3;7H,1-2H2,(H,5,6).